The van der Waals surface area contributed by atoms with Gasteiger partial charge < -0.3 is 5.73 Å². The molecule has 0 saturated carbocycles. The largest absolute Gasteiger partial charge is 0.330 e. The smallest absolute Gasteiger partial charge is 0.0342 e. The van der Waals surface area contributed by atoms with Crippen molar-refractivity contribution >= 4 is 11.3 Å². The summed E-state index contributed by atoms with van der Waals surface area (Å²) in [6, 6.07) is 13.2. The number of thiophene rings is 1. The number of hydrogen-bond acceptors (Lipinski definition) is 2. The van der Waals surface area contributed by atoms with Crippen LogP contribution >= 0.6 is 11.3 Å². The molecule has 0 aliphatic rings. The molecular weight excluding hydrogens is 238 g/mol. The van der Waals surface area contributed by atoms with Crippen LogP contribution in [0, 0.1) is 5.92 Å². The first-order valence-electron chi connectivity index (χ1n) is 6.62. The third-order valence-corrected chi connectivity index (χ3v) is 4.24. The van der Waals surface area contributed by atoms with Gasteiger partial charge in [-0.1, -0.05) is 37.3 Å². The van der Waals surface area contributed by atoms with Crippen LogP contribution in [0.2, 0.25) is 0 Å². The molecule has 2 aromatic rings. The fourth-order valence-corrected chi connectivity index (χ4v) is 2.89. The average molecular weight is 259 g/mol. The summed E-state index contributed by atoms with van der Waals surface area (Å²) in [6.07, 6.45) is 3.51. The van der Waals surface area contributed by atoms with Gasteiger partial charge >= 0.3 is 0 Å². The van der Waals surface area contributed by atoms with Crippen molar-refractivity contribution in [1.82, 2.24) is 0 Å². The number of benzene rings is 1. The summed E-state index contributed by atoms with van der Waals surface area (Å²) in [5.41, 5.74) is 8.36. The molecule has 0 spiro atoms. The van der Waals surface area contributed by atoms with Crippen molar-refractivity contribution in [1.29, 1.82) is 0 Å². The Balaban J connectivity index is 2.00. The van der Waals surface area contributed by atoms with Crippen molar-refractivity contribution in [3.63, 3.8) is 0 Å². The molecule has 96 valence electrons. The molecule has 1 heterocycles. The molecule has 0 aliphatic heterocycles. The Morgan fingerprint density at radius 1 is 1.17 bits per heavy atom. The van der Waals surface area contributed by atoms with E-state index in [1.807, 2.05) is 0 Å². The maximum atomic E-state index is 5.59. The Bertz CT molecular complexity index is 462. The van der Waals surface area contributed by atoms with Gasteiger partial charge in [0.2, 0.25) is 0 Å². The zero-order valence-corrected chi connectivity index (χ0v) is 11.7. The third kappa shape index (κ3) is 3.69. The van der Waals surface area contributed by atoms with E-state index in [1.54, 1.807) is 11.3 Å². The van der Waals surface area contributed by atoms with E-state index in [4.69, 9.17) is 5.73 Å². The van der Waals surface area contributed by atoms with E-state index in [-0.39, 0.29) is 0 Å². The Morgan fingerprint density at radius 2 is 2.06 bits per heavy atom. The van der Waals surface area contributed by atoms with Crippen molar-refractivity contribution in [2.75, 3.05) is 6.54 Å². The van der Waals surface area contributed by atoms with Crippen LogP contribution in [0.4, 0.5) is 0 Å². The molecule has 0 amide bonds. The van der Waals surface area contributed by atoms with Crippen LogP contribution in [-0.2, 0) is 6.42 Å². The van der Waals surface area contributed by atoms with Crippen molar-refractivity contribution in [2.45, 2.75) is 26.2 Å². The van der Waals surface area contributed by atoms with E-state index in [0.29, 0.717) is 0 Å². The summed E-state index contributed by atoms with van der Waals surface area (Å²) in [7, 11) is 0. The highest BCUT2D eigenvalue weighted by atomic mass is 32.1. The summed E-state index contributed by atoms with van der Waals surface area (Å²) >= 11 is 1.80. The molecular formula is C16H21NS. The van der Waals surface area contributed by atoms with E-state index in [9.17, 15) is 0 Å². The number of hydrogen-bond donors (Lipinski definition) is 1. The second kappa shape index (κ2) is 6.72. The molecule has 0 saturated heterocycles. The molecule has 1 nitrogen and oxygen atoms in total. The second-order valence-electron chi connectivity index (χ2n) is 4.90. The monoisotopic (exact) mass is 259 g/mol. The normalized spacial score (nSPS) is 12.6. The van der Waals surface area contributed by atoms with Crippen molar-refractivity contribution in [3.8, 4) is 10.4 Å². The van der Waals surface area contributed by atoms with Gasteiger partial charge in [-0.15, -0.1) is 11.3 Å². The number of nitrogens with two attached hydrogens (primary N) is 1. The minimum atomic E-state index is 0.723. The zero-order valence-electron chi connectivity index (χ0n) is 10.9. The maximum Gasteiger partial charge on any atom is 0.0342 e. The van der Waals surface area contributed by atoms with Crippen LogP contribution < -0.4 is 5.73 Å². The SMILES string of the molecule is CC(CCN)CCc1cccc(-c2cccs2)c1. The zero-order chi connectivity index (χ0) is 12.8. The lowest BCUT2D eigenvalue weighted by atomic mass is 9.97. The van der Waals surface area contributed by atoms with Gasteiger partial charge in [-0.25, -0.2) is 0 Å². The molecule has 0 bridgehead atoms. The molecule has 18 heavy (non-hydrogen) atoms. The van der Waals surface area contributed by atoms with E-state index in [0.717, 1.165) is 25.3 Å². The van der Waals surface area contributed by atoms with Crippen LogP contribution in [0.25, 0.3) is 10.4 Å². The van der Waals surface area contributed by atoms with E-state index in [2.05, 4.69) is 48.7 Å². The lowest BCUT2D eigenvalue weighted by Crippen LogP contribution is -2.06. The summed E-state index contributed by atoms with van der Waals surface area (Å²) in [4.78, 5) is 1.35. The first-order chi connectivity index (χ1) is 8.79. The van der Waals surface area contributed by atoms with Crippen molar-refractivity contribution in [3.05, 3.63) is 47.3 Å². The van der Waals surface area contributed by atoms with Crippen molar-refractivity contribution in [2.24, 2.45) is 11.7 Å². The first kappa shape index (κ1) is 13.3. The van der Waals surface area contributed by atoms with Gasteiger partial charge in [-0.05, 0) is 54.3 Å². The Labute approximate surface area is 114 Å². The van der Waals surface area contributed by atoms with Crippen LogP contribution in [0.3, 0.4) is 0 Å². The summed E-state index contributed by atoms with van der Waals surface area (Å²) in [5.74, 6) is 0.723. The van der Waals surface area contributed by atoms with E-state index in [1.165, 1.54) is 22.4 Å². The lowest BCUT2D eigenvalue weighted by molar-refractivity contribution is 0.500. The highest BCUT2D eigenvalue weighted by Crippen LogP contribution is 2.26. The van der Waals surface area contributed by atoms with Gasteiger partial charge in [0, 0.05) is 4.88 Å². The summed E-state index contributed by atoms with van der Waals surface area (Å²) in [6.45, 7) is 3.09. The van der Waals surface area contributed by atoms with E-state index < -0.39 is 0 Å². The molecule has 1 aromatic heterocycles. The van der Waals surface area contributed by atoms with Gasteiger partial charge in [0.05, 0.1) is 0 Å². The summed E-state index contributed by atoms with van der Waals surface area (Å²) < 4.78 is 0. The van der Waals surface area contributed by atoms with E-state index >= 15 is 0 Å². The third-order valence-electron chi connectivity index (χ3n) is 3.32. The van der Waals surface area contributed by atoms with Gasteiger partial charge in [0.1, 0.15) is 0 Å². The molecule has 0 radical (unpaired) electrons. The van der Waals surface area contributed by atoms with Gasteiger partial charge in [0.15, 0.2) is 0 Å². The van der Waals surface area contributed by atoms with Crippen LogP contribution in [0.1, 0.15) is 25.3 Å². The Hall–Kier alpha value is -1.12. The molecule has 1 unspecified atom stereocenters. The average Bonchev–Trinajstić information content (AvgIpc) is 2.91. The fourth-order valence-electron chi connectivity index (χ4n) is 2.16. The van der Waals surface area contributed by atoms with Crippen LogP contribution in [-0.4, -0.2) is 6.54 Å². The minimum absolute atomic E-state index is 0.723. The van der Waals surface area contributed by atoms with Gasteiger partial charge in [-0.3, -0.25) is 0 Å². The van der Waals surface area contributed by atoms with Crippen LogP contribution in [0.15, 0.2) is 41.8 Å². The highest BCUT2D eigenvalue weighted by molar-refractivity contribution is 7.13. The summed E-state index contributed by atoms with van der Waals surface area (Å²) in [5, 5.41) is 2.13. The molecule has 0 fully saturated rings. The fraction of sp³-hybridized carbons (Fsp3) is 0.375. The molecule has 2 heteroatoms. The Morgan fingerprint density at radius 3 is 2.78 bits per heavy atom. The molecule has 2 N–H and O–H groups in total. The minimum Gasteiger partial charge on any atom is -0.330 e. The quantitative estimate of drug-likeness (QED) is 0.821. The van der Waals surface area contributed by atoms with Gasteiger partial charge in [0.25, 0.3) is 0 Å². The predicted molar refractivity (Wildman–Crippen MR) is 80.9 cm³/mol. The number of rotatable bonds is 6. The first-order valence-corrected chi connectivity index (χ1v) is 7.50. The molecule has 2 rings (SSSR count). The second-order valence-corrected chi connectivity index (χ2v) is 5.85. The molecule has 0 aliphatic carbocycles. The van der Waals surface area contributed by atoms with Gasteiger partial charge in [-0.2, -0.15) is 0 Å². The molecule has 1 aromatic carbocycles. The van der Waals surface area contributed by atoms with Crippen molar-refractivity contribution < 1.29 is 0 Å². The standard InChI is InChI=1S/C16H21NS/c1-13(9-10-17)7-8-14-4-2-5-15(12-14)16-6-3-11-18-16/h2-6,11-13H,7-10,17H2,1H3. The topological polar surface area (TPSA) is 26.0 Å². The lowest BCUT2D eigenvalue weighted by Gasteiger charge is -2.10. The number of aryl methyl sites for hydroxylation is 1. The highest BCUT2D eigenvalue weighted by Gasteiger charge is 2.03. The predicted octanol–water partition coefficient (Wildman–Crippen LogP) is 4.33. The Kier molecular flexibility index (Phi) is 4.97. The molecule has 1 atom stereocenters. The maximum absolute atomic E-state index is 5.59. The van der Waals surface area contributed by atoms with Crippen LogP contribution in [0.5, 0.6) is 0 Å².